The van der Waals surface area contributed by atoms with Crippen LogP contribution >= 0.6 is 22.6 Å². The molecular weight excluding hydrogens is 459 g/mol. The van der Waals surface area contributed by atoms with Gasteiger partial charge in [-0.2, -0.15) is 0 Å². The molecule has 2 aromatic rings. The molecule has 148 valence electrons. The number of aromatic nitrogens is 1. The normalized spacial score (nSPS) is 25.2. The number of benzene rings is 1. The molecule has 2 aliphatic rings. The maximum absolute atomic E-state index is 4.23. The SMILES string of the molecule is CN(C)CC1CCC(C2=C(c3ccncc3)C(c3ccc(I)cc3)NN2)CC1. The molecule has 1 aromatic carbocycles. The summed E-state index contributed by atoms with van der Waals surface area (Å²) in [6.45, 7) is 1.21. The first-order valence-corrected chi connectivity index (χ1v) is 11.3. The number of halogens is 1. The Hall–Kier alpha value is -1.44. The molecule has 0 saturated heterocycles. The first-order valence-electron chi connectivity index (χ1n) is 10.2. The average molecular weight is 488 g/mol. The zero-order valence-corrected chi connectivity index (χ0v) is 18.8. The molecular formula is C23H29IN4. The van der Waals surface area contributed by atoms with E-state index in [1.54, 1.807) is 0 Å². The molecule has 0 spiro atoms. The molecule has 0 bridgehead atoms. The van der Waals surface area contributed by atoms with Crippen LogP contribution in [-0.2, 0) is 0 Å². The Labute approximate surface area is 181 Å². The van der Waals surface area contributed by atoms with E-state index in [1.165, 1.54) is 58.2 Å². The minimum Gasteiger partial charge on any atom is -0.324 e. The van der Waals surface area contributed by atoms with Gasteiger partial charge in [0.15, 0.2) is 0 Å². The van der Waals surface area contributed by atoms with Crippen molar-refractivity contribution in [1.29, 1.82) is 0 Å². The fourth-order valence-electron chi connectivity index (χ4n) is 4.68. The van der Waals surface area contributed by atoms with Gasteiger partial charge in [0, 0.05) is 39.7 Å². The molecule has 4 nitrogen and oxygen atoms in total. The summed E-state index contributed by atoms with van der Waals surface area (Å²) in [6.07, 6.45) is 8.94. The number of hydrogen-bond donors (Lipinski definition) is 2. The van der Waals surface area contributed by atoms with Gasteiger partial charge in [-0.1, -0.05) is 12.1 Å². The summed E-state index contributed by atoms with van der Waals surface area (Å²) >= 11 is 2.37. The summed E-state index contributed by atoms with van der Waals surface area (Å²) in [5.74, 6) is 1.43. The lowest BCUT2D eigenvalue weighted by Gasteiger charge is -2.31. The molecule has 1 atom stereocenters. The highest BCUT2D eigenvalue weighted by molar-refractivity contribution is 14.1. The third kappa shape index (κ3) is 4.42. The van der Waals surface area contributed by atoms with Crippen molar-refractivity contribution < 1.29 is 0 Å². The van der Waals surface area contributed by atoms with E-state index in [0.29, 0.717) is 5.92 Å². The molecule has 2 N–H and O–H groups in total. The first kappa shape index (κ1) is 19.9. The van der Waals surface area contributed by atoms with Crippen LogP contribution in [0.1, 0.15) is 42.9 Å². The van der Waals surface area contributed by atoms with Crippen molar-refractivity contribution in [3.05, 3.63) is 69.2 Å². The lowest BCUT2D eigenvalue weighted by atomic mass is 9.78. The lowest BCUT2D eigenvalue weighted by molar-refractivity contribution is 0.233. The maximum atomic E-state index is 4.23. The smallest absolute Gasteiger partial charge is 0.0783 e. The number of nitrogens with one attached hydrogen (secondary N) is 2. The second-order valence-electron chi connectivity index (χ2n) is 8.30. The van der Waals surface area contributed by atoms with Gasteiger partial charge in [0.2, 0.25) is 0 Å². The van der Waals surface area contributed by atoms with Crippen molar-refractivity contribution in [3.63, 3.8) is 0 Å². The topological polar surface area (TPSA) is 40.2 Å². The van der Waals surface area contributed by atoms with E-state index < -0.39 is 0 Å². The molecule has 5 heteroatoms. The van der Waals surface area contributed by atoms with Crippen LogP contribution in [0.5, 0.6) is 0 Å². The highest BCUT2D eigenvalue weighted by atomic mass is 127. The molecule has 0 amide bonds. The average Bonchev–Trinajstić information content (AvgIpc) is 3.14. The summed E-state index contributed by atoms with van der Waals surface area (Å²) in [5, 5.41) is 0. The van der Waals surface area contributed by atoms with Crippen molar-refractivity contribution >= 4 is 28.2 Å². The minimum atomic E-state index is 0.175. The number of nitrogens with zero attached hydrogens (tertiary/aromatic N) is 2. The van der Waals surface area contributed by atoms with Crippen molar-refractivity contribution in [2.24, 2.45) is 11.8 Å². The number of pyridine rings is 1. The van der Waals surface area contributed by atoms with Crippen LogP contribution in [0, 0.1) is 15.4 Å². The van der Waals surface area contributed by atoms with Crippen LogP contribution in [-0.4, -0.2) is 30.5 Å². The van der Waals surface area contributed by atoms with Gasteiger partial charge in [-0.05, 0) is 104 Å². The molecule has 0 radical (unpaired) electrons. The highest BCUT2D eigenvalue weighted by Crippen LogP contribution is 2.42. The maximum Gasteiger partial charge on any atom is 0.0783 e. The third-order valence-corrected chi connectivity index (χ3v) is 6.72. The summed E-state index contributed by atoms with van der Waals surface area (Å²) in [6, 6.07) is 13.3. The van der Waals surface area contributed by atoms with Crippen LogP contribution in [0.4, 0.5) is 0 Å². The Kier molecular flexibility index (Phi) is 6.33. The van der Waals surface area contributed by atoms with Crippen molar-refractivity contribution in [2.45, 2.75) is 31.7 Å². The van der Waals surface area contributed by atoms with E-state index in [-0.39, 0.29) is 6.04 Å². The fourth-order valence-corrected chi connectivity index (χ4v) is 5.04. The molecule has 1 aliphatic carbocycles. The van der Waals surface area contributed by atoms with E-state index in [9.17, 15) is 0 Å². The monoisotopic (exact) mass is 488 g/mol. The van der Waals surface area contributed by atoms with Gasteiger partial charge in [-0.25, -0.2) is 5.43 Å². The molecule has 1 aliphatic heterocycles. The summed E-state index contributed by atoms with van der Waals surface area (Å²) in [7, 11) is 4.37. The number of allylic oxidation sites excluding steroid dienone is 1. The summed E-state index contributed by atoms with van der Waals surface area (Å²) < 4.78 is 1.26. The largest absolute Gasteiger partial charge is 0.324 e. The number of hydrogen-bond acceptors (Lipinski definition) is 4. The van der Waals surface area contributed by atoms with Crippen LogP contribution in [0.3, 0.4) is 0 Å². The van der Waals surface area contributed by atoms with Gasteiger partial charge in [0.05, 0.1) is 6.04 Å². The van der Waals surface area contributed by atoms with E-state index in [2.05, 4.69) is 93.8 Å². The molecule has 1 fully saturated rings. The second kappa shape index (κ2) is 8.93. The van der Waals surface area contributed by atoms with Crippen molar-refractivity contribution in [2.75, 3.05) is 20.6 Å². The lowest BCUT2D eigenvalue weighted by Crippen LogP contribution is -2.31. The Morgan fingerprint density at radius 3 is 2.32 bits per heavy atom. The Morgan fingerprint density at radius 2 is 1.68 bits per heavy atom. The third-order valence-electron chi connectivity index (χ3n) is 6.00. The van der Waals surface area contributed by atoms with Gasteiger partial charge < -0.3 is 10.3 Å². The van der Waals surface area contributed by atoms with Crippen LogP contribution in [0.25, 0.3) is 5.57 Å². The molecule has 4 rings (SSSR count). The highest BCUT2D eigenvalue weighted by Gasteiger charge is 2.33. The minimum absolute atomic E-state index is 0.175. The quantitative estimate of drug-likeness (QED) is 0.603. The summed E-state index contributed by atoms with van der Waals surface area (Å²) in [5.41, 5.74) is 12.5. The van der Waals surface area contributed by atoms with E-state index >= 15 is 0 Å². The Bertz CT molecular complexity index is 808. The zero-order chi connectivity index (χ0) is 19.5. The molecule has 1 aromatic heterocycles. The van der Waals surface area contributed by atoms with E-state index in [1.807, 2.05) is 12.4 Å². The Balaban J connectivity index is 1.63. The van der Waals surface area contributed by atoms with Gasteiger partial charge in [0.1, 0.15) is 0 Å². The zero-order valence-electron chi connectivity index (χ0n) is 16.7. The van der Waals surface area contributed by atoms with Crippen molar-refractivity contribution in [3.8, 4) is 0 Å². The van der Waals surface area contributed by atoms with E-state index in [4.69, 9.17) is 0 Å². The van der Waals surface area contributed by atoms with Gasteiger partial charge in [-0.3, -0.25) is 4.98 Å². The van der Waals surface area contributed by atoms with Crippen LogP contribution < -0.4 is 10.9 Å². The predicted octanol–water partition coefficient (Wildman–Crippen LogP) is 4.61. The number of hydrazine groups is 1. The van der Waals surface area contributed by atoms with E-state index in [0.717, 1.165) is 5.92 Å². The van der Waals surface area contributed by atoms with Crippen molar-refractivity contribution in [1.82, 2.24) is 20.7 Å². The standard InChI is InChI=1S/C23H29IN4/c1-28(2)15-16-3-5-18(6-4-16)22-21(17-11-13-25-14-12-17)23(27-26-22)19-7-9-20(24)10-8-19/h7-14,16,18,23,26-27H,3-6,15H2,1-2H3. The fraction of sp³-hybridized carbons (Fsp3) is 0.435. The Morgan fingerprint density at radius 1 is 1.00 bits per heavy atom. The molecule has 1 unspecified atom stereocenters. The van der Waals surface area contributed by atoms with Crippen LogP contribution in [0.2, 0.25) is 0 Å². The van der Waals surface area contributed by atoms with Gasteiger partial charge in [-0.15, -0.1) is 0 Å². The van der Waals surface area contributed by atoms with Gasteiger partial charge in [0.25, 0.3) is 0 Å². The first-order chi connectivity index (χ1) is 13.6. The van der Waals surface area contributed by atoms with Crippen LogP contribution in [0.15, 0.2) is 54.5 Å². The predicted molar refractivity (Wildman–Crippen MR) is 123 cm³/mol. The molecule has 1 saturated carbocycles. The number of rotatable bonds is 5. The second-order valence-corrected chi connectivity index (χ2v) is 9.54. The molecule has 2 heterocycles. The summed E-state index contributed by atoms with van der Waals surface area (Å²) in [4.78, 5) is 6.56. The van der Waals surface area contributed by atoms with Gasteiger partial charge >= 0.3 is 0 Å². The molecule has 28 heavy (non-hydrogen) atoms.